The van der Waals surface area contributed by atoms with Crippen molar-refractivity contribution in [2.75, 3.05) is 11.5 Å². The van der Waals surface area contributed by atoms with Crippen LogP contribution in [0.15, 0.2) is 12.2 Å². The van der Waals surface area contributed by atoms with Gasteiger partial charge >= 0.3 is 5.97 Å². The molecule has 2 fully saturated rings. The summed E-state index contributed by atoms with van der Waals surface area (Å²) in [5, 5.41) is 0. The zero-order valence-corrected chi connectivity index (χ0v) is 7.78. The van der Waals surface area contributed by atoms with E-state index >= 15 is 0 Å². The highest BCUT2D eigenvalue weighted by molar-refractivity contribution is 7.99. The fourth-order valence-corrected chi connectivity index (χ4v) is 3.03. The Hall–Kier alpha value is -0.440. The summed E-state index contributed by atoms with van der Waals surface area (Å²) >= 11 is 1.94. The molecule has 0 bridgehead atoms. The van der Waals surface area contributed by atoms with E-state index in [2.05, 4.69) is 6.58 Å². The highest BCUT2D eigenvalue weighted by Crippen LogP contribution is 2.40. The summed E-state index contributed by atoms with van der Waals surface area (Å²) < 4.78 is 5.35. The Labute approximate surface area is 76.4 Å². The van der Waals surface area contributed by atoms with E-state index in [1.807, 2.05) is 11.8 Å². The third kappa shape index (κ3) is 1.26. The molecule has 2 aliphatic rings. The molecule has 0 aromatic rings. The second-order valence-electron chi connectivity index (χ2n) is 3.47. The Morgan fingerprint density at radius 1 is 1.42 bits per heavy atom. The number of rotatable bonds is 0. The molecular weight excluding hydrogens is 172 g/mol. The van der Waals surface area contributed by atoms with E-state index in [0.29, 0.717) is 5.57 Å². The first-order valence-electron chi connectivity index (χ1n) is 4.21. The van der Waals surface area contributed by atoms with Crippen molar-refractivity contribution < 1.29 is 9.53 Å². The number of hydrogen-bond donors (Lipinski definition) is 0. The maximum Gasteiger partial charge on any atom is 0.334 e. The minimum atomic E-state index is -0.179. The second kappa shape index (κ2) is 2.80. The molecule has 2 heterocycles. The Bertz CT molecular complexity index is 211. The molecule has 0 N–H and O–H groups in total. The summed E-state index contributed by atoms with van der Waals surface area (Å²) in [5.74, 6) is 2.04. The first kappa shape index (κ1) is 8.17. The number of carbonyl (C=O) groups excluding carboxylic acids is 1. The fraction of sp³-hybridized carbons (Fsp3) is 0.667. The van der Waals surface area contributed by atoms with Crippen LogP contribution in [0.1, 0.15) is 19.3 Å². The van der Waals surface area contributed by atoms with Crippen molar-refractivity contribution in [3.8, 4) is 0 Å². The molecule has 2 aliphatic heterocycles. The van der Waals surface area contributed by atoms with Gasteiger partial charge in [-0.05, 0) is 24.3 Å². The molecule has 1 spiro atoms. The van der Waals surface area contributed by atoms with Crippen LogP contribution in [0, 0.1) is 0 Å². The van der Waals surface area contributed by atoms with Crippen molar-refractivity contribution in [2.24, 2.45) is 0 Å². The van der Waals surface area contributed by atoms with Crippen molar-refractivity contribution in [3.05, 3.63) is 12.2 Å². The van der Waals surface area contributed by atoms with Gasteiger partial charge in [0.2, 0.25) is 0 Å². The van der Waals surface area contributed by atoms with Crippen LogP contribution in [0.4, 0.5) is 0 Å². The monoisotopic (exact) mass is 184 g/mol. The van der Waals surface area contributed by atoms with Gasteiger partial charge in [-0.3, -0.25) is 0 Å². The Balaban J connectivity index is 2.12. The zero-order valence-electron chi connectivity index (χ0n) is 6.97. The number of hydrogen-bond acceptors (Lipinski definition) is 3. The Morgan fingerprint density at radius 2 is 2.08 bits per heavy atom. The summed E-state index contributed by atoms with van der Waals surface area (Å²) in [4.78, 5) is 11.1. The van der Waals surface area contributed by atoms with Crippen LogP contribution in [0.3, 0.4) is 0 Å². The van der Waals surface area contributed by atoms with Gasteiger partial charge in [0.15, 0.2) is 0 Å². The van der Waals surface area contributed by atoms with Crippen LogP contribution in [-0.2, 0) is 9.53 Å². The van der Waals surface area contributed by atoms with Gasteiger partial charge in [-0.25, -0.2) is 4.79 Å². The quantitative estimate of drug-likeness (QED) is 0.424. The summed E-state index contributed by atoms with van der Waals surface area (Å²) in [6.07, 6.45) is 2.76. The second-order valence-corrected chi connectivity index (χ2v) is 4.69. The zero-order chi connectivity index (χ0) is 8.60. The highest BCUT2D eigenvalue weighted by atomic mass is 32.2. The third-order valence-corrected chi connectivity index (χ3v) is 3.52. The SMILES string of the molecule is C=C1CC2(CCSCC2)OC1=O. The summed E-state index contributed by atoms with van der Waals surface area (Å²) in [6, 6.07) is 0. The van der Waals surface area contributed by atoms with E-state index in [-0.39, 0.29) is 11.6 Å². The lowest BCUT2D eigenvalue weighted by Gasteiger charge is -2.30. The number of esters is 1. The average molecular weight is 184 g/mol. The van der Waals surface area contributed by atoms with Crippen molar-refractivity contribution in [1.29, 1.82) is 0 Å². The molecular formula is C9H12O2S. The smallest absolute Gasteiger partial charge is 0.334 e. The maximum absolute atomic E-state index is 11.1. The van der Waals surface area contributed by atoms with Crippen molar-refractivity contribution in [1.82, 2.24) is 0 Å². The first-order valence-corrected chi connectivity index (χ1v) is 5.36. The van der Waals surface area contributed by atoms with Crippen LogP contribution in [-0.4, -0.2) is 23.1 Å². The molecule has 0 saturated carbocycles. The van der Waals surface area contributed by atoms with Gasteiger partial charge in [0.25, 0.3) is 0 Å². The van der Waals surface area contributed by atoms with Gasteiger partial charge in [-0.15, -0.1) is 0 Å². The molecule has 0 amide bonds. The van der Waals surface area contributed by atoms with E-state index in [9.17, 15) is 4.79 Å². The normalized spacial score (nSPS) is 27.7. The van der Waals surface area contributed by atoms with Gasteiger partial charge in [0.05, 0.1) is 0 Å². The number of carbonyl (C=O) groups is 1. The topological polar surface area (TPSA) is 26.3 Å². The maximum atomic E-state index is 11.1. The number of ether oxygens (including phenoxy) is 1. The molecule has 0 radical (unpaired) electrons. The molecule has 66 valence electrons. The van der Waals surface area contributed by atoms with Gasteiger partial charge in [-0.2, -0.15) is 11.8 Å². The summed E-state index contributed by atoms with van der Waals surface area (Å²) in [7, 11) is 0. The minimum Gasteiger partial charge on any atom is -0.455 e. The van der Waals surface area contributed by atoms with Crippen LogP contribution >= 0.6 is 11.8 Å². The lowest BCUT2D eigenvalue weighted by molar-refractivity contribution is -0.146. The van der Waals surface area contributed by atoms with E-state index < -0.39 is 0 Å². The molecule has 0 aliphatic carbocycles. The molecule has 0 aromatic heterocycles. The molecule has 2 nitrogen and oxygen atoms in total. The van der Waals surface area contributed by atoms with Crippen molar-refractivity contribution >= 4 is 17.7 Å². The predicted octanol–water partition coefficient (Wildman–Crippen LogP) is 1.76. The van der Waals surface area contributed by atoms with Gasteiger partial charge in [0, 0.05) is 12.0 Å². The summed E-state index contributed by atoms with van der Waals surface area (Å²) in [6.45, 7) is 3.70. The Morgan fingerprint density at radius 3 is 2.58 bits per heavy atom. The predicted molar refractivity (Wildman–Crippen MR) is 49.1 cm³/mol. The van der Waals surface area contributed by atoms with E-state index in [1.54, 1.807) is 0 Å². The largest absolute Gasteiger partial charge is 0.455 e. The van der Waals surface area contributed by atoms with Crippen LogP contribution in [0.5, 0.6) is 0 Å². The Kier molecular flexibility index (Phi) is 1.91. The first-order chi connectivity index (χ1) is 5.72. The molecule has 0 atom stereocenters. The lowest BCUT2D eigenvalue weighted by Crippen LogP contribution is -2.32. The van der Waals surface area contributed by atoms with Crippen molar-refractivity contribution in [3.63, 3.8) is 0 Å². The molecule has 0 aromatic carbocycles. The van der Waals surface area contributed by atoms with Crippen LogP contribution in [0.2, 0.25) is 0 Å². The van der Waals surface area contributed by atoms with E-state index in [0.717, 1.165) is 30.8 Å². The van der Waals surface area contributed by atoms with Gasteiger partial charge in [0.1, 0.15) is 5.60 Å². The van der Waals surface area contributed by atoms with Gasteiger partial charge < -0.3 is 4.74 Å². The van der Waals surface area contributed by atoms with E-state index in [1.165, 1.54) is 0 Å². The van der Waals surface area contributed by atoms with Crippen LogP contribution < -0.4 is 0 Å². The summed E-state index contributed by atoms with van der Waals surface area (Å²) in [5.41, 5.74) is 0.501. The standard InChI is InChI=1S/C9H12O2S/c1-7-6-9(11-8(7)10)2-4-12-5-3-9/h1-6H2. The highest BCUT2D eigenvalue weighted by Gasteiger charge is 2.43. The molecule has 12 heavy (non-hydrogen) atoms. The number of thioether (sulfide) groups is 1. The van der Waals surface area contributed by atoms with Crippen LogP contribution in [0.25, 0.3) is 0 Å². The van der Waals surface area contributed by atoms with E-state index in [4.69, 9.17) is 4.74 Å². The average Bonchev–Trinajstić information content (AvgIpc) is 2.29. The molecule has 2 saturated heterocycles. The lowest BCUT2D eigenvalue weighted by atomic mass is 9.92. The molecule has 2 rings (SSSR count). The van der Waals surface area contributed by atoms with Gasteiger partial charge in [-0.1, -0.05) is 6.58 Å². The molecule has 3 heteroatoms. The van der Waals surface area contributed by atoms with Crippen molar-refractivity contribution in [2.45, 2.75) is 24.9 Å². The minimum absolute atomic E-state index is 0.153. The third-order valence-electron chi connectivity index (χ3n) is 2.54. The fourth-order valence-electron chi connectivity index (χ4n) is 1.79. The molecule has 0 unspecified atom stereocenters.